The first-order chi connectivity index (χ1) is 9.65. The summed E-state index contributed by atoms with van der Waals surface area (Å²) in [5.41, 5.74) is -0.231. The van der Waals surface area contributed by atoms with E-state index in [1.165, 1.54) is 17.8 Å². The summed E-state index contributed by atoms with van der Waals surface area (Å²) in [6, 6.07) is 1.95. The Balaban J connectivity index is 1.74. The number of hydrogen-bond donors (Lipinski definition) is 0. The van der Waals surface area contributed by atoms with Gasteiger partial charge >= 0.3 is 0 Å². The molecular formula is C14H19N3O2S. The SMILES string of the molecule is CC(Sc1nc(=O)ccn1C1CC1)C(=O)N1CCCC1. The van der Waals surface area contributed by atoms with Crippen LogP contribution in [0.4, 0.5) is 0 Å². The number of carbonyl (C=O) groups is 1. The quantitative estimate of drug-likeness (QED) is 0.626. The second-order valence-electron chi connectivity index (χ2n) is 5.48. The van der Waals surface area contributed by atoms with Gasteiger partial charge in [-0.2, -0.15) is 4.98 Å². The predicted molar refractivity (Wildman–Crippen MR) is 77.9 cm³/mol. The van der Waals surface area contributed by atoms with Crippen molar-refractivity contribution in [3.8, 4) is 0 Å². The van der Waals surface area contributed by atoms with Crippen LogP contribution < -0.4 is 5.56 Å². The van der Waals surface area contributed by atoms with E-state index in [4.69, 9.17) is 0 Å². The van der Waals surface area contributed by atoms with Gasteiger partial charge in [-0.25, -0.2) is 0 Å². The van der Waals surface area contributed by atoms with Crippen LogP contribution in [-0.2, 0) is 4.79 Å². The van der Waals surface area contributed by atoms with Crippen molar-refractivity contribution in [2.75, 3.05) is 13.1 Å². The molecule has 1 saturated carbocycles. The molecule has 0 bridgehead atoms. The molecule has 1 atom stereocenters. The minimum atomic E-state index is -0.231. The summed E-state index contributed by atoms with van der Waals surface area (Å²) >= 11 is 1.41. The number of nitrogens with zero attached hydrogens (tertiary/aromatic N) is 3. The summed E-state index contributed by atoms with van der Waals surface area (Å²) in [5, 5.41) is 0.493. The maximum atomic E-state index is 12.3. The monoisotopic (exact) mass is 293 g/mol. The Morgan fingerprint density at radius 3 is 2.75 bits per heavy atom. The number of hydrogen-bond acceptors (Lipinski definition) is 4. The molecule has 0 N–H and O–H groups in total. The molecule has 2 aliphatic rings. The van der Waals surface area contributed by atoms with Gasteiger partial charge in [-0.05, 0) is 32.6 Å². The Hall–Kier alpha value is -1.30. The van der Waals surface area contributed by atoms with E-state index in [9.17, 15) is 9.59 Å². The summed E-state index contributed by atoms with van der Waals surface area (Å²) in [7, 11) is 0. The van der Waals surface area contributed by atoms with Gasteiger partial charge in [0.05, 0.1) is 5.25 Å². The number of carbonyl (C=O) groups excluding carboxylic acids is 1. The Kier molecular flexibility index (Phi) is 3.83. The minimum absolute atomic E-state index is 0.160. The second kappa shape index (κ2) is 5.60. The Morgan fingerprint density at radius 1 is 1.40 bits per heavy atom. The standard InChI is InChI=1S/C14H19N3O2S/c1-10(13(19)16-7-2-3-8-16)20-14-15-12(18)6-9-17(14)11-4-5-11/h6,9-11H,2-5,7-8H2,1H3. The van der Waals surface area contributed by atoms with E-state index in [2.05, 4.69) is 4.98 Å². The lowest BCUT2D eigenvalue weighted by atomic mass is 10.4. The van der Waals surface area contributed by atoms with Gasteiger partial charge < -0.3 is 9.47 Å². The first-order valence-corrected chi connectivity index (χ1v) is 8.08. The fraction of sp³-hybridized carbons (Fsp3) is 0.643. The molecule has 1 aliphatic carbocycles. The van der Waals surface area contributed by atoms with Gasteiger partial charge in [0.25, 0.3) is 5.56 Å². The first-order valence-electron chi connectivity index (χ1n) is 7.20. The van der Waals surface area contributed by atoms with Crippen LogP contribution in [0, 0.1) is 0 Å². The van der Waals surface area contributed by atoms with E-state index in [0.717, 1.165) is 38.8 Å². The second-order valence-corrected chi connectivity index (χ2v) is 6.79. The Bertz CT molecular complexity index is 562. The van der Waals surface area contributed by atoms with Crippen LogP contribution in [0.1, 0.15) is 38.6 Å². The average Bonchev–Trinajstić information content (AvgIpc) is 3.12. The molecule has 1 aromatic rings. The third-order valence-corrected chi connectivity index (χ3v) is 4.86. The van der Waals surface area contributed by atoms with E-state index >= 15 is 0 Å². The van der Waals surface area contributed by atoms with Gasteiger partial charge in [-0.1, -0.05) is 11.8 Å². The smallest absolute Gasteiger partial charge is 0.273 e. The summed E-state index contributed by atoms with van der Waals surface area (Å²) in [4.78, 5) is 29.8. The van der Waals surface area contributed by atoms with E-state index in [1.807, 2.05) is 22.6 Å². The van der Waals surface area contributed by atoms with Gasteiger partial charge in [0.15, 0.2) is 5.16 Å². The summed E-state index contributed by atoms with van der Waals surface area (Å²) in [6.07, 6.45) is 6.26. The predicted octanol–water partition coefficient (Wildman–Crippen LogP) is 1.68. The van der Waals surface area contributed by atoms with Gasteiger partial charge in [-0.15, -0.1) is 0 Å². The van der Waals surface area contributed by atoms with Crippen LogP contribution in [0.2, 0.25) is 0 Å². The van der Waals surface area contributed by atoms with Crippen molar-refractivity contribution in [1.29, 1.82) is 0 Å². The van der Waals surface area contributed by atoms with Crippen LogP contribution in [-0.4, -0.2) is 38.7 Å². The number of amides is 1. The fourth-order valence-electron chi connectivity index (χ4n) is 2.52. The highest BCUT2D eigenvalue weighted by atomic mass is 32.2. The molecule has 1 unspecified atom stereocenters. The van der Waals surface area contributed by atoms with Gasteiger partial charge in [0.2, 0.25) is 5.91 Å². The largest absolute Gasteiger partial charge is 0.342 e. The fourth-order valence-corrected chi connectivity index (χ4v) is 3.56. The molecule has 1 saturated heterocycles. The maximum absolute atomic E-state index is 12.3. The number of likely N-dealkylation sites (tertiary alicyclic amines) is 1. The first kappa shape index (κ1) is 13.7. The summed E-state index contributed by atoms with van der Waals surface area (Å²) in [6.45, 7) is 3.63. The van der Waals surface area contributed by atoms with E-state index in [1.54, 1.807) is 0 Å². The third-order valence-electron chi connectivity index (χ3n) is 3.79. The zero-order chi connectivity index (χ0) is 14.1. The lowest BCUT2D eigenvalue weighted by Gasteiger charge is -2.20. The molecule has 1 amide bonds. The molecule has 0 radical (unpaired) electrons. The topological polar surface area (TPSA) is 55.2 Å². The molecule has 3 rings (SSSR count). The van der Waals surface area contributed by atoms with Gasteiger partial charge in [0.1, 0.15) is 0 Å². The lowest BCUT2D eigenvalue weighted by molar-refractivity contribution is -0.129. The van der Waals surface area contributed by atoms with Gasteiger partial charge in [-0.3, -0.25) is 9.59 Å². The van der Waals surface area contributed by atoms with Crippen LogP contribution in [0.25, 0.3) is 0 Å². The van der Waals surface area contributed by atoms with Gasteiger partial charge in [0, 0.05) is 31.4 Å². The molecule has 0 spiro atoms. The maximum Gasteiger partial charge on any atom is 0.273 e. The summed E-state index contributed by atoms with van der Waals surface area (Å²) < 4.78 is 2.04. The van der Waals surface area contributed by atoms with Crippen molar-refractivity contribution >= 4 is 17.7 Å². The van der Waals surface area contributed by atoms with Crippen molar-refractivity contribution in [2.24, 2.45) is 0 Å². The zero-order valence-corrected chi connectivity index (χ0v) is 12.4. The molecular weight excluding hydrogens is 274 g/mol. The highest BCUT2D eigenvalue weighted by Crippen LogP contribution is 2.37. The number of thioether (sulfide) groups is 1. The molecule has 5 nitrogen and oxygen atoms in total. The molecule has 6 heteroatoms. The van der Waals surface area contributed by atoms with Crippen LogP contribution in [0.15, 0.2) is 22.2 Å². The van der Waals surface area contributed by atoms with E-state index in [0.29, 0.717) is 11.2 Å². The van der Waals surface area contributed by atoms with Crippen LogP contribution in [0.5, 0.6) is 0 Å². The average molecular weight is 293 g/mol. The minimum Gasteiger partial charge on any atom is -0.342 e. The lowest BCUT2D eigenvalue weighted by Crippen LogP contribution is -2.34. The van der Waals surface area contributed by atoms with Crippen LogP contribution in [0.3, 0.4) is 0 Å². The molecule has 1 aliphatic heterocycles. The van der Waals surface area contributed by atoms with E-state index < -0.39 is 0 Å². The summed E-state index contributed by atoms with van der Waals surface area (Å²) in [5.74, 6) is 0.160. The molecule has 0 aromatic carbocycles. The molecule has 2 fully saturated rings. The highest BCUT2D eigenvalue weighted by molar-refractivity contribution is 8.00. The van der Waals surface area contributed by atoms with Crippen LogP contribution >= 0.6 is 11.8 Å². The number of aromatic nitrogens is 2. The Morgan fingerprint density at radius 2 is 2.10 bits per heavy atom. The third kappa shape index (κ3) is 2.90. The molecule has 108 valence electrons. The number of rotatable bonds is 4. The van der Waals surface area contributed by atoms with Crippen molar-refractivity contribution < 1.29 is 4.79 Å². The van der Waals surface area contributed by atoms with Crippen molar-refractivity contribution in [2.45, 2.75) is 49.1 Å². The van der Waals surface area contributed by atoms with Crippen molar-refractivity contribution in [3.63, 3.8) is 0 Å². The zero-order valence-electron chi connectivity index (χ0n) is 11.6. The molecule has 20 heavy (non-hydrogen) atoms. The molecule has 1 aromatic heterocycles. The highest BCUT2D eigenvalue weighted by Gasteiger charge is 2.29. The van der Waals surface area contributed by atoms with Crippen molar-refractivity contribution in [1.82, 2.24) is 14.5 Å². The molecule has 2 heterocycles. The van der Waals surface area contributed by atoms with Crippen molar-refractivity contribution in [3.05, 3.63) is 22.6 Å². The van der Waals surface area contributed by atoms with E-state index in [-0.39, 0.29) is 16.7 Å². The Labute approximate surface area is 122 Å². The normalized spacial score (nSPS) is 20.1.